The number of nitrogens with zero attached hydrogens (tertiary/aromatic N) is 3. The number of rotatable bonds is 7. The summed E-state index contributed by atoms with van der Waals surface area (Å²) in [5.41, 5.74) is 0.572. The Bertz CT molecular complexity index is 1840. The number of aromatic nitrogens is 2. The van der Waals surface area contributed by atoms with Crippen LogP contribution in [0, 0.1) is 5.92 Å². The van der Waals surface area contributed by atoms with Crippen molar-refractivity contribution in [2.75, 3.05) is 28.6 Å². The van der Waals surface area contributed by atoms with Crippen LogP contribution in [-0.2, 0) is 16.1 Å². The second-order valence-corrected chi connectivity index (χ2v) is 13.4. The van der Waals surface area contributed by atoms with Gasteiger partial charge in [0, 0.05) is 29.1 Å². The highest BCUT2D eigenvalue weighted by atomic mass is 79.9. The number of hydrogen-bond donors (Lipinski definition) is 3. The lowest BCUT2D eigenvalue weighted by Crippen LogP contribution is -2.54. The molecule has 1 aliphatic heterocycles. The van der Waals surface area contributed by atoms with E-state index in [2.05, 4.69) is 41.8 Å². The van der Waals surface area contributed by atoms with Gasteiger partial charge in [0.05, 0.1) is 40.7 Å². The van der Waals surface area contributed by atoms with Crippen LogP contribution in [-0.4, -0.2) is 59.0 Å². The van der Waals surface area contributed by atoms with Crippen LogP contribution in [0.15, 0.2) is 77.5 Å². The first-order valence-electron chi connectivity index (χ1n) is 15.3. The number of amides is 3. The van der Waals surface area contributed by atoms with Gasteiger partial charge in [-0.05, 0) is 57.0 Å². The minimum Gasteiger partial charge on any atom is -0.444 e. The lowest BCUT2D eigenvalue weighted by atomic mass is 9.93. The van der Waals surface area contributed by atoms with Crippen molar-refractivity contribution in [2.24, 2.45) is 5.92 Å². The summed E-state index contributed by atoms with van der Waals surface area (Å²) >= 11 is 3.40. The van der Waals surface area contributed by atoms with Gasteiger partial charge in [-0.25, -0.2) is 14.6 Å². The van der Waals surface area contributed by atoms with Gasteiger partial charge in [0.25, 0.3) is 5.91 Å². The van der Waals surface area contributed by atoms with Gasteiger partial charge in [-0.3, -0.25) is 15.1 Å². The maximum Gasteiger partial charge on any atom is 0.412 e. The van der Waals surface area contributed by atoms with Crippen molar-refractivity contribution >= 4 is 62.0 Å². The molecular formula is C34H34BrF3N6O5. The number of ether oxygens (including phenoxy) is 2. The van der Waals surface area contributed by atoms with E-state index in [4.69, 9.17) is 9.47 Å². The number of pyridine rings is 2. The summed E-state index contributed by atoms with van der Waals surface area (Å²) in [5.74, 6) is -2.54. The number of piperidine rings is 1. The van der Waals surface area contributed by atoms with Crippen LogP contribution in [0.1, 0.15) is 43.2 Å². The number of hydrogen-bond acceptors (Lipinski definition) is 8. The summed E-state index contributed by atoms with van der Waals surface area (Å²) in [6.45, 7) is 4.53. The Morgan fingerprint density at radius 3 is 2.43 bits per heavy atom. The summed E-state index contributed by atoms with van der Waals surface area (Å²) in [5, 5.41) is 8.49. The molecule has 2 aromatic heterocycles. The summed E-state index contributed by atoms with van der Waals surface area (Å²) in [6.07, 6.45) is -3.87. The van der Waals surface area contributed by atoms with Gasteiger partial charge in [-0.2, -0.15) is 13.2 Å². The molecule has 2 aromatic carbocycles. The summed E-state index contributed by atoms with van der Waals surface area (Å²) in [4.78, 5) is 49.2. The molecule has 11 nitrogen and oxygen atoms in total. The van der Waals surface area contributed by atoms with E-state index < -0.39 is 48.4 Å². The molecule has 0 bridgehead atoms. The van der Waals surface area contributed by atoms with Crippen LogP contribution >= 0.6 is 15.9 Å². The smallest absolute Gasteiger partial charge is 0.412 e. The van der Waals surface area contributed by atoms with Crippen molar-refractivity contribution in [1.29, 1.82) is 0 Å². The third-order valence-electron chi connectivity index (χ3n) is 7.47. The van der Waals surface area contributed by atoms with Gasteiger partial charge in [-0.15, -0.1) is 0 Å². The Balaban J connectivity index is 1.41. The van der Waals surface area contributed by atoms with Gasteiger partial charge in [-0.1, -0.05) is 52.3 Å². The number of carbonyl (C=O) groups is 3. The first-order chi connectivity index (χ1) is 23.1. The van der Waals surface area contributed by atoms with E-state index in [0.29, 0.717) is 15.4 Å². The van der Waals surface area contributed by atoms with Crippen LogP contribution in [0.5, 0.6) is 0 Å². The molecular weight excluding hydrogens is 709 g/mol. The molecule has 1 saturated heterocycles. The van der Waals surface area contributed by atoms with Crippen molar-refractivity contribution in [3.8, 4) is 0 Å². The Labute approximate surface area is 288 Å². The molecule has 1 fully saturated rings. The Kier molecular flexibility index (Phi) is 10.6. The number of benzene rings is 2. The van der Waals surface area contributed by atoms with Crippen molar-refractivity contribution in [1.82, 2.24) is 15.3 Å². The third kappa shape index (κ3) is 9.59. The highest BCUT2D eigenvalue weighted by molar-refractivity contribution is 9.10. The molecule has 3 N–H and O–H groups in total. The van der Waals surface area contributed by atoms with Gasteiger partial charge in [0.15, 0.2) is 5.69 Å². The van der Waals surface area contributed by atoms with Crippen LogP contribution in [0.2, 0.25) is 0 Å². The zero-order valence-electron chi connectivity index (χ0n) is 26.8. The number of anilines is 3. The van der Waals surface area contributed by atoms with E-state index in [1.165, 1.54) is 23.4 Å². The number of alkyl halides is 3. The highest BCUT2D eigenvalue weighted by Crippen LogP contribution is 2.37. The van der Waals surface area contributed by atoms with Gasteiger partial charge >= 0.3 is 18.4 Å². The van der Waals surface area contributed by atoms with Crippen molar-refractivity contribution in [2.45, 2.75) is 51.6 Å². The number of alkyl carbamates (subject to hydrolysis) is 1. The van der Waals surface area contributed by atoms with Gasteiger partial charge < -0.3 is 25.0 Å². The number of carbonyl (C=O) groups excluding carboxylic acids is 3. The SMILES string of the molecule is CC(C)(C)OC(=O)NC1C[C@@H](C(F)(F)F)CN(c2ccncc2NC(=O)c2nc3cc(Br)ccc3cc2NC(=O)OCc2ccccc2)C1. The quantitative estimate of drug-likeness (QED) is 0.176. The maximum atomic E-state index is 14.1. The Morgan fingerprint density at radius 2 is 1.71 bits per heavy atom. The first kappa shape index (κ1) is 35.4. The molecule has 0 aliphatic carbocycles. The second kappa shape index (κ2) is 14.7. The molecule has 5 rings (SSSR count). The van der Waals surface area contributed by atoms with Gasteiger partial charge in [0.1, 0.15) is 12.2 Å². The van der Waals surface area contributed by atoms with E-state index in [1.807, 2.05) is 18.2 Å². The Hall–Kier alpha value is -4.92. The average molecular weight is 744 g/mol. The molecule has 0 saturated carbocycles. The standard InChI is InChI=1S/C34H34BrF3N6O5/c1-33(2,3)49-32(47)40-24-14-22(34(36,37)38)17-44(18-24)28-11-12-39-16-27(28)42-30(45)29-26(13-21-9-10-23(35)15-25(21)41-29)43-31(46)48-19-20-7-5-4-6-8-20/h4-13,15-16,22,24H,14,17-19H2,1-3H3,(H,40,47)(H,42,45)(H,43,46)/t22-,24?/m1/s1. The molecule has 3 heterocycles. The predicted molar refractivity (Wildman–Crippen MR) is 181 cm³/mol. The van der Waals surface area contributed by atoms with Crippen molar-refractivity contribution < 1.29 is 37.0 Å². The minimum absolute atomic E-state index is 0.00101. The first-order valence-corrected chi connectivity index (χ1v) is 16.1. The topological polar surface area (TPSA) is 135 Å². The molecule has 49 heavy (non-hydrogen) atoms. The van der Waals surface area contributed by atoms with Crippen LogP contribution < -0.4 is 20.9 Å². The molecule has 0 radical (unpaired) electrons. The zero-order valence-corrected chi connectivity index (χ0v) is 28.4. The molecule has 258 valence electrons. The number of halogens is 4. The monoisotopic (exact) mass is 742 g/mol. The minimum atomic E-state index is -4.55. The number of fused-ring (bicyclic) bond motifs is 1. The van der Waals surface area contributed by atoms with E-state index in [0.717, 1.165) is 5.56 Å². The average Bonchev–Trinajstić information content (AvgIpc) is 3.03. The van der Waals surface area contributed by atoms with Gasteiger partial charge in [0.2, 0.25) is 0 Å². The molecule has 4 aromatic rings. The molecule has 1 aliphatic rings. The van der Waals surface area contributed by atoms with Crippen LogP contribution in [0.3, 0.4) is 0 Å². The van der Waals surface area contributed by atoms with Crippen molar-refractivity contribution in [3.05, 3.63) is 88.8 Å². The van der Waals surface area contributed by atoms with E-state index in [-0.39, 0.29) is 42.3 Å². The molecule has 15 heteroatoms. The fourth-order valence-electron chi connectivity index (χ4n) is 5.33. The second-order valence-electron chi connectivity index (χ2n) is 12.5. The summed E-state index contributed by atoms with van der Waals surface area (Å²) in [6, 6.07) is 16.4. The summed E-state index contributed by atoms with van der Waals surface area (Å²) in [7, 11) is 0. The van der Waals surface area contributed by atoms with E-state index in [1.54, 1.807) is 57.2 Å². The lowest BCUT2D eigenvalue weighted by Gasteiger charge is -2.40. The zero-order chi connectivity index (χ0) is 35.3. The molecule has 3 amide bonds. The predicted octanol–water partition coefficient (Wildman–Crippen LogP) is 7.68. The summed E-state index contributed by atoms with van der Waals surface area (Å²) < 4.78 is 53.6. The number of nitrogens with one attached hydrogen (secondary N) is 3. The maximum absolute atomic E-state index is 14.1. The molecule has 1 unspecified atom stereocenters. The lowest BCUT2D eigenvalue weighted by molar-refractivity contribution is -0.177. The van der Waals surface area contributed by atoms with Crippen molar-refractivity contribution in [3.63, 3.8) is 0 Å². The molecule has 2 atom stereocenters. The molecule has 0 spiro atoms. The fourth-order valence-corrected chi connectivity index (χ4v) is 5.68. The Morgan fingerprint density at radius 1 is 0.959 bits per heavy atom. The van der Waals surface area contributed by atoms with Crippen LogP contribution in [0.25, 0.3) is 10.9 Å². The van der Waals surface area contributed by atoms with E-state index in [9.17, 15) is 27.6 Å². The van der Waals surface area contributed by atoms with Crippen LogP contribution in [0.4, 0.5) is 39.8 Å². The third-order valence-corrected chi connectivity index (χ3v) is 7.96. The fraction of sp³-hybridized carbons (Fsp3) is 0.324. The normalized spacial score (nSPS) is 16.5. The highest BCUT2D eigenvalue weighted by Gasteiger charge is 2.45. The van der Waals surface area contributed by atoms with E-state index >= 15 is 0 Å². The largest absolute Gasteiger partial charge is 0.444 e.